The maximum Gasteiger partial charge on any atom is 0.231 e. The number of nitrogens with zero attached hydrogens (tertiary/aromatic N) is 2. The highest BCUT2D eigenvalue weighted by Crippen LogP contribution is 2.37. The van der Waals surface area contributed by atoms with Crippen molar-refractivity contribution in [1.29, 1.82) is 0 Å². The van der Waals surface area contributed by atoms with E-state index in [-0.39, 0.29) is 16.8 Å². The highest BCUT2D eigenvalue weighted by Gasteiger charge is 2.55. The molecule has 0 radical (unpaired) electrons. The molecule has 100 valence electrons. The molecule has 0 aromatic carbocycles. The van der Waals surface area contributed by atoms with E-state index in [4.69, 9.17) is 0 Å². The highest BCUT2D eigenvalue weighted by atomic mass is 16.6. The Morgan fingerprint density at radius 2 is 1.41 bits per heavy atom. The molecule has 0 fully saturated rings. The zero-order valence-corrected chi connectivity index (χ0v) is 11.3. The Bertz CT molecular complexity index is 304. The minimum absolute atomic E-state index is 0.117. The molecule has 0 heterocycles. The first kappa shape index (κ1) is 15.8. The summed E-state index contributed by atoms with van der Waals surface area (Å²) in [6.45, 7) is 10.1. The average Bonchev–Trinajstić information content (AvgIpc) is 2.15. The molecule has 0 aliphatic carbocycles. The normalized spacial score (nSPS) is 18.8. The van der Waals surface area contributed by atoms with Crippen LogP contribution in [-0.2, 0) is 0 Å². The lowest BCUT2D eigenvalue weighted by Gasteiger charge is -2.35. The summed E-state index contributed by atoms with van der Waals surface area (Å²) < 4.78 is 0. The fourth-order valence-corrected chi connectivity index (χ4v) is 2.57. The van der Waals surface area contributed by atoms with Gasteiger partial charge in [-0.3, -0.25) is 20.2 Å². The first-order valence-electron chi connectivity index (χ1n) is 5.84. The molecule has 3 unspecified atom stereocenters. The molecule has 17 heavy (non-hydrogen) atoms. The fraction of sp³-hybridized carbons (Fsp3) is 1.00. The maximum absolute atomic E-state index is 11.3. The summed E-state index contributed by atoms with van der Waals surface area (Å²) in [5, 5.41) is 22.2. The third kappa shape index (κ3) is 2.92. The molecule has 0 aromatic heterocycles. The summed E-state index contributed by atoms with van der Waals surface area (Å²) in [6.07, 6.45) is 0. The Labute approximate surface area is 102 Å². The second-order valence-corrected chi connectivity index (χ2v) is 5.43. The first-order chi connectivity index (χ1) is 7.56. The standard InChI is InChI=1S/C11H22N2O4/c1-7(2)10(9(5)12(14)15)11(6,8(3)4)13(16)17/h7-10H,1-6H3. The summed E-state index contributed by atoms with van der Waals surface area (Å²) in [4.78, 5) is 21.5. The Kier molecular flexibility index (Phi) is 5.04. The van der Waals surface area contributed by atoms with Gasteiger partial charge in [-0.05, 0) is 5.92 Å². The van der Waals surface area contributed by atoms with Gasteiger partial charge in [-0.15, -0.1) is 0 Å². The molecule has 3 atom stereocenters. The molecule has 0 aliphatic rings. The lowest BCUT2D eigenvalue weighted by molar-refractivity contribution is -0.614. The van der Waals surface area contributed by atoms with Crippen LogP contribution in [0.3, 0.4) is 0 Å². The Hall–Kier alpha value is -1.20. The van der Waals surface area contributed by atoms with Crippen LogP contribution in [0.25, 0.3) is 0 Å². The SMILES string of the molecule is CC(C)C(C(C)[N+](=O)[O-])C(C)(C(C)C)[N+](=O)[O-]. The van der Waals surface area contributed by atoms with Crippen LogP contribution < -0.4 is 0 Å². The van der Waals surface area contributed by atoms with Gasteiger partial charge in [0.05, 0.1) is 5.92 Å². The molecule has 0 N–H and O–H groups in total. The van der Waals surface area contributed by atoms with Crippen LogP contribution in [0.5, 0.6) is 0 Å². The molecule has 0 saturated heterocycles. The molecule has 0 rings (SSSR count). The summed E-state index contributed by atoms with van der Waals surface area (Å²) in [5.74, 6) is -0.965. The van der Waals surface area contributed by atoms with Crippen molar-refractivity contribution >= 4 is 0 Å². The van der Waals surface area contributed by atoms with E-state index in [1.807, 2.05) is 0 Å². The molecule has 6 nitrogen and oxygen atoms in total. The van der Waals surface area contributed by atoms with Crippen molar-refractivity contribution in [2.24, 2.45) is 17.8 Å². The van der Waals surface area contributed by atoms with Crippen molar-refractivity contribution in [3.8, 4) is 0 Å². The number of hydrogen-bond donors (Lipinski definition) is 0. The van der Waals surface area contributed by atoms with Crippen LogP contribution in [0.15, 0.2) is 0 Å². The largest absolute Gasteiger partial charge is 0.264 e. The van der Waals surface area contributed by atoms with Crippen LogP contribution in [0.2, 0.25) is 0 Å². The molecule has 0 bridgehead atoms. The summed E-state index contributed by atoms with van der Waals surface area (Å²) in [6, 6.07) is -0.923. The van der Waals surface area contributed by atoms with E-state index in [1.54, 1.807) is 27.7 Å². The van der Waals surface area contributed by atoms with Crippen molar-refractivity contribution in [3.63, 3.8) is 0 Å². The van der Waals surface area contributed by atoms with Crippen molar-refractivity contribution in [3.05, 3.63) is 20.2 Å². The van der Waals surface area contributed by atoms with E-state index in [9.17, 15) is 20.2 Å². The summed E-state index contributed by atoms with van der Waals surface area (Å²) >= 11 is 0. The summed E-state index contributed by atoms with van der Waals surface area (Å²) in [5.41, 5.74) is -1.28. The predicted molar refractivity (Wildman–Crippen MR) is 65.0 cm³/mol. The molecule has 0 aliphatic heterocycles. The van der Waals surface area contributed by atoms with Crippen LogP contribution in [0, 0.1) is 38.0 Å². The van der Waals surface area contributed by atoms with E-state index in [0.717, 1.165) is 0 Å². The second kappa shape index (κ2) is 5.42. The molecule has 6 heteroatoms. The molecular formula is C11H22N2O4. The zero-order valence-electron chi connectivity index (χ0n) is 11.3. The zero-order chi connectivity index (χ0) is 14.0. The highest BCUT2D eigenvalue weighted by molar-refractivity contribution is 4.90. The van der Waals surface area contributed by atoms with Gasteiger partial charge in [0, 0.05) is 29.6 Å². The third-order valence-corrected chi connectivity index (χ3v) is 3.81. The fourth-order valence-electron chi connectivity index (χ4n) is 2.57. The molecule has 0 aromatic rings. The summed E-state index contributed by atoms with van der Waals surface area (Å²) in [7, 11) is 0. The lowest BCUT2D eigenvalue weighted by atomic mass is 9.69. The molecule has 0 amide bonds. The smallest absolute Gasteiger partial charge is 0.231 e. The van der Waals surface area contributed by atoms with Gasteiger partial charge in [0.1, 0.15) is 0 Å². The van der Waals surface area contributed by atoms with Gasteiger partial charge >= 0.3 is 0 Å². The Morgan fingerprint density at radius 1 is 1.00 bits per heavy atom. The van der Waals surface area contributed by atoms with Gasteiger partial charge in [-0.25, -0.2) is 0 Å². The number of nitro groups is 2. The minimum Gasteiger partial charge on any atom is -0.264 e. The van der Waals surface area contributed by atoms with Crippen molar-refractivity contribution in [2.45, 2.75) is 53.1 Å². The van der Waals surface area contributed by atoms with Gasteiger partial charge in [0.2, 0.25) is 11.6 Å². The van der Waals surface area contributed by atoms with Crippen LogP contribution in [0.4, 0.5) is 0 Å². The Morgan fingerprint density at radius 3 is 1.59 bits per heavy atom. The number of hydrogen-bond acceptors (Lipinski definition) is 4. The van der Waals surface area contributed by atoms with Crippen LogP contribution >= 0.6 is 0 Å². The minimum atomic E-state index is -1.28. The van der Waals surface area contributed by atoms with Crippen molar-refractivity contribution < 1.29 is 9.85 Å². The lowest BCUT2D eigenvalue weighted by Crippen LogP contribution is -2.54. The van der Waals surface area contributed by atoms with E-state index in [0.29, 0.717) is 0 Å². The van der Waals surface area contributed by atoms with Gasteiger partial charge in [-0.2, -0.15) is 0 Å². The predicted octanol–water partition coefficient (Wildman–Crippen LogP) is 2.62. The van der Waals surface area contributed by atoms with Crippen molar-refractivity contribution in [2.75, 3.05) is 0 Å². The van der Waals surface area contributed by atoms with Gasteiger partial charge in [-0.1, -0.05) is 27.7 Å². The van der Waals surface area contributed by atoms with Crippen molar-refractivity contribution in [1.82, 2.24) is 0 Å². The number of rotatable bonds is 6. The quantitative estimate of drug-likeness (QED) is 0.532. The van der Waals surface area contributed by atoms with Gasteiger partial charge in [0.25, 0.3) is 0 Å². The van der Waals surface area contributed by atoms with Gasteiger partial charge < -0.3 is 0 Å². The molecule has 0 saturated carbocycles. The van der Waals surface area contributed by atoms with Crippen LogP contribution in [-0.4, -0.2) is 21.4 Å². The Balaban J connectivity index is 5.57. The maximum atomic E-state index is 11.3. The first-order valence-corrected chi connectivity index (χ1v) is 5.84. The van der Waals surface area contributed by atoms with Crippen LogP contribution in [0.1, 0.15) is 41.5 Å². The monoisotopic (exact) mass is 246 g/mol. The van der Waals surface area contributed by atoms with E-state index >= 15 is 0 Å². The third-order valence-electron chi connectivity index (χ3n) is 3.81. The topological polar surface area (TPSA) is 86.3 Å². The second-order valence-electron chi connectivity index (χ2n) is 5.43. The molecule has 0 spiro atoms. The molecular weight excluding hydrogens is 224 g/mol. The van der Waals surface area contributed by atoms with Gasteiger partial charge in [0.15, 0.2) is 0 Å². The average molecular weight is 246 g/mol. The van der Waals surface area contributed by atoms with E-state index < -0.39 is 22.4 Å². The van der Waals surface area contributed by atoms with E-state index in [2.05, 4.69) is 0 Å². The van der Waals surface area contributed by atoms with E-state index in [1.165, 1.54) is 13.8 Å².